The van der Waals surface area contributed by atoms with Crippen molar-refractivity contribution in [2.75, 3.05) is 33.4 Å². The number of benzene rings is 2. The molecule has 3 rings (SSSR count). The molecule has 1 saturated heterocycles. The molecule has 1 fully saturated rings. The van der Waals surface area contributed by atoms with Gasteiger partial charge in [0, 0.05) is 42.7 Å². The number of hydrogen-bond donors (Lipinski definition) is 2. The first-order valence-corrected chi connectivity index (χ1v) is 10.7. The number of nitrogens with zero attached hydrogens (tertiary/aromatic N) is 1. The normalized spacial score (nSPS) is 16.1. The van der Waals surface area contributed by atoms with Gasteiger partial charge in [-0.25, -0.2) is 0 Å². The predicted molar refractivity (Wildman–Crippen MR) is 119 cm³/mol. The van der Waals surface area contributed by atoms with E-state index in [1.165, 1.54) is 0 Å². The zero-order chi connectivity index (χ0) is 22.2. The van der Waals surface area contributed by atoms with E-state index in [0.29, 0.717) is 25.3 Å². The van der Waals surface area contributed by atoms with E-state index in [0.717, 1.165) is 42.0 Å². The van der Waals surface area contributed by atoms with Gasteiger partial charge >= 0.3 is 0 Å². The van der Waals surface area contributed by atoms with Gasteiger partial charge in [0.25, 0.3) is 0 Å². The van der Waals surface area contributed by atoms with Gasteiger partial charge in [0.05, 0.1) is 20.3 Å². The quantitative estimate of drug-likeness (QED) is 0.644. The van der Waals surface area contributed by atoms with E-state index in [1.54, 1.807) is 13.2 Å². The van der Waals surface area contributed by atoms with Crippen LogP contribution in [-0.4, -0.2) is 50.1 Å². The third-order valence-corrected chi connectivity index (χ3v) is 5.58. The van der Waals surface area contributed by atoms with Gasteiger partial charge in [-0.1, -0.05) is 18.2 Å². The molecule has 166 valence electrons. The molecule has 1 aliphatic rings. The Hall–Kier alpha value is -3.06. The van der Waals surface area contributed by atoms with Gasteiger partial charge in [-0.3, -0.25) is 9.59 Å². The summed E-state index contributed by atoms with van der Waals surface area (Å²) in [5, 5.41) is 3.24. The van der Waals surface area contributed by atoms with Crippen molar-refractivity contribution in [3.8, 4) is 11.5 Å². The maximum atomic E-state index is 12.8. The molecule has 1 heterocycles. The Morgan fingerprint density at radius 3 is 2.81 bits per heavy atom. The lowest BCUT2D eigenvalue weighted by Crippen LogP contribution is -2.43. The molecule has 0 aliphatic carbocycles. The number of rotatable bonds is 9. The largest absolute Gasteiger partial charge is 0.497 e. The Morgan fingerprint density at radius 1 is 1.23 bits per heavy atom. The highest BCUT2D eigenvalue weighted by Gasteiger charge is 2.25. The van der Waals surface area contributed by atoms with E-state index in [4.69, 9.17) is 15.2 Å². The fraction of sp³-hybridized carbons (Fsp3) is 0.417. The van der Waals surface area contributed by atoms with Gasteiger partial charge in [0.2, 0.25) is 11.8 Å². The third-order valence-electron chi connectivity index (χ3n) is 5.58. The second-order valence-electron chi connectivity index (χ2n) is 7.68. The van der Waals surface area contributed by atoms with Crippen LogP contribution in [0.1, 0.15) is 47.2 Å². The molecule has 1 atom stereocenters. The summed E-state index contributed by atoms with van der Waals surface area (Å²) in [6.07, 6.45) is 1.92. The lowest BCUT2D eigenvalue weighted by molar-refractivity contribution is -0.131. The number of ether oxygens (including phenoxy) is 2. The van der Waals surface area contributed by atoms with Crippen LogP contribution in [0, 0.1) is 0 Å². The number of piperidine rings is 1. The first-order chi connectivity index (χ1) is 15.0. The monoisotopic (exact) mass is 425 g/mol. The zero-order valence-corrected chi connectivity index (χ0v) is 18.2. The summed E-state index contributed by atoms with van der Waals surface area (Å²) < 4.78 is 11.0. The van der Waals surface area contributed by atoms with Crippen LogP contribution in [0.4, 0.5) is 0 Å². The van der Waals surface area contributed by atoms with Crippen LogP contribution in [-0.2, 0) is 11.3 Å². The lowest BCUT2D eigenvalue weighted by atomic mass is 9.89. The summed E-state index contributed by atoms with van der Waals surface area (Å²) in [6.45, 7) is 4.68. The Bertz CT molecular complexity index is 915. The molecule has 0 aromatic heterocycles. The first-order valence-electron chi connectivity index (χ1n) is 10.7. The fourth-order valence-electron chi connectivity index (χ4n) is 3.94. The zero-order valence-electron chi connectivity index (χ0n) is 18.2. The first kappa shape index (κ1) is 22.6. The molecular weight excluding hydrogens is 394 g/mol. The van der Waals surface area contributed by atoms with Crippen LogP contribution in [0.25, 0.3) is 0 Å². The Morgan fingerprint density at radius 2 is 2.06 bits per heavy atom. The number of nitrogens with two attached hydrogens (primary N) is 1. The maximum absolute atomic E-state index is 12.8. The third kappa shape index (κ3) is 5.98. The van der Waals surface area contributed by atoms with Gasteiger partial charge in [0.1, 0.15) is 11.5 Å². The number of carbonyl (C=O) groups excluding carboxylic acids is 2. The van der Waals surface area contributed by atoms with Gasteiger partial charge in [-0.05, 0) is 43.5 Å². The number of amides is 2. The van der Waals surface area contributed by atoms with E-state index >= 15 is 0 Å². The van der Waals surface area contributed by atoms with Crippen LogP contribution >= 0.6 is 0 Å². The molecule has 31 heavy (non-hydrogen) atoms. The van der Waals surface area contributed by atoms with E-state index in [1.807, 2.05) is 48.2 Å². The SMILES string of the molecule is CCOc1cc(OC)ccc1CNCC(=O)N1CCC[C@@H](c2cccc(C(N)=O)c2)C1. The summed E-state index contributed by atoms with van der Waals surface area (Å²) in [5.41, 5.74) is 7.95. The summed E-state index contributed by atoms with van der Waals surface area (Å²) in [6, 6.07) is 13.1. The van der Waals surface area contributed by atoms with Crippen LogP contribution in [0.15, 0.2) is 42.5 Å². The summed E-state index contributed by atoms with van der Waals surface area (Å²) in [4.78, 5) is 26.2. The summed E-state index contributed by atoms with van der Waals surface area (Å²) >= 11 is 0. The Kier molecular flexibility index (Phi) is 7.89. The van der Waals surface area contributed by atoms with E-state index in [9.17, 15) is 9.59 Å². The van der Waals surface area contributed by atoms with E-state index in [-0.39, 0.29) is 18.4 Å². The van der Waals surface area contributed by atoms with Crippen molar-refractivity contribution >= 4 is 11.8 Å². The lowest BCUT2D eigenvalue weighted by Gasteiger charge is -2.33. The highest BCUT2D eigenvalue weighted by molar-refractivity contribution is 5.92. The molecule has 2 aromatic carbocycles. The predicted octanol–water partition coefficient (Wildman–Crippen LogP) is 2.69. The number of carbonyl (C=O) groups is 2. The molecule has 0 saturated carbocycles. The average Bonchev–Trinajstić information content (AvgIpc) is 2.80. The standard InChI is InChI=1S/C24H31N3O4/c1-3-31-22-13-21(30-2)10-9-19(22)14-26-15-23(28)27-11-5-8-20(16-27)17-6-4-7-18(12-17)24(25)29/h4,6-7,9-10,12-13,20,26H,3,5,8,11,14-16H2,1-2H3,(H2,25,29)/t20-/m1/s1. The molecule has 2 aromatic rings. The molecule has 2 amide bonds. The van der Waals surface area contributed by atoms with Gasteiger partial charge in [0.15, 0.2) is 0 Å². The smallest absolute Gasteiger partial charge is 0.248 e. The van der Waals surface area contributed by atoms with Gasteiger partial charge in [-0.15, -0.1) is 0 Å². The van der Waals surface area contributed by atoms with Crippen molar-refractivity contribution in [1.82, 2.24) is 10.2 Å². The van der Waals surface area contributed by atoms with Gasteiger partial charge in [-0.2, -0.15) is 0 Å². The number of methoxy groups -OCH3 is 1. The molecule has 3 N–H and O–H groups in total. The van der Waals surface area contributed by atoms with Crippen molar-refractivity contribution in [3.05, 3.63) is 59.2 Å². The molecule has 0 unspecified atom stereocenters. The molecule has 0 bridgehead atoms. The van der Waals surface area contributed by atoms with Crippen molar-refractivity contribution in [2.45, 2.75) is 32.2 Å². The van der Waals surface area contributed by atoms with Crippen LogP contribution in [0.2, 0.25) is 0 Å². The molecule has 1 aliphatic heterocycles. The van der Waals surface area contributed by atoms with E-state index < -0.39 is 5.91 Å². The highest BCUT2D eigenvalue weighted by atomic mass is 16.5. The highest BCUT2D eigenvalue weighted by Crippen LogP contribution is 2.28. The van der Waals surface area contributed by atoms with Crippen molar-refractivity contribution in [2.24, 2.45) is 5.73 Å². The number of nitrogens with one attached hydrogen (secondary N) is 1. The minimum Gasteiger partial charge on any atom is -0.497 e. The van der Waals surface area contributed by atoms with Crippen LogP contribution < -0.4 is 20.5 Å². The number of hydrogen-bond acceptors (Lipinski definition) is 5. The Balaban J connectivity index is 1.56. The minimum atomic E-state index is -0.431. The molecule has 0 spiro atoms. The van der Waals surface area contributed by atoms with Crippen LogP contribution in [0.5, 0.6) is 11.5 Å². The van der Waals surface area contributed by atoms with Crippen molar-refractivity contribution in [1.29, 1.82) is 0 Å². The second-order valence-corrected chi connectivity index (χ2v) is 7.68. The van der Waals surface area contributed by atoms with Crippen molar-refractivity contribution < 1.29 is 19.1 Å². The van der Waals surface area contributed by atoms with Gasteiger partial charge < -0.3 is 25.4 Å². The molecule has 0 radical (unpaired) electrons. The molecular formula is C24H31N3O4. The maximum Gasteiger partial charge on any atom is 0.248 e. The second kappa shape index (κ2) is 10.8. The Labute approximate surface area is 183 Å². The minimum absolute atomic E-state index is 0.0715. The number of likely N-dealkylation sites (tertiary alicyclic amines) is 1. The molecule has 7 heteroatoms. The molecule has 7 nitrogen and oxygen atoms in total. The fourth-order valence-corrected chi connectivity index (χ4v) is 3.94. The average molecular weight is 426 g/mol. The van der Waals surface area contributed by atoms with Crippen LogP contribution in [0.3, 0.4) is 0 Å². The van der Waals surface area contributed by atoms with Crippen molar-refractivity contribution in [3.63, 3.8) is 0 Å². The summed E-state index contributed by atoms with van der Waals surface area (Å²) in [5.74, 6) is 1.35. The van der Waals surface area contributed by atoms with E-state index in [2.05, 4.69) is 5.32 Å². The summed E-state index contributed by atoms with van der Waals surface area (Å²) in [7, 11) is 1.62. The topological polar surface area (TPSA) is 93.9 Å². The number of primary amides is 1.